The fraction of sp³-hybridized carbons (Fsp3) is 0.400. The zero-order chi connectivity index (χ0) is 16.4. The highest BCUT2D eigenvalue weighted by atomic mass is 16.5. The number of carbonyl (C=O) groups is 3. The predicted octanol–water partition coefficient (Wildman–Crippen LogP) is 0.981. The minimum atomic E-state index is -0.903. The monoisotopic (exact) mass is 308 g/mol. The quantitative estimate of drug-likeness (QED) is 0.732. The molecule has 1 rings (SSSR count). The molecule has 2 N–H and O–H groups in total. The number of ether oxygens (including phenoxy) is 2. The Labute approximate surface area is 129 Å². The van der Waals surface area contributed by atoms with E-state index in [4.69, 9.17) is 0 Å². The Morgan fingerprint density at radius 3 is 2.36 bits per heavy atom. The van der Waals surface area contributed by atoms with E-state index in [2.05, 4.69) is 20.1 Å². The molecule has 0 spiro atoms. The molecule has 0 aromatic heterocycles. The molecule has 120 valence electrons. The van der Waals surface area contributed by atoms with E-state index in [0.29, 0.717) is 6.54 Å². The highest BCUT2D eigenvalue weighted by molar-refractivity contribution is 5.84. The minimum Gasteiger partial charge on any atom is -0.469 e. The van der Waals surface area contributed by atoms with E-state index in [-0.39, 0.29) is 12.8 Å². The van der Waals surface area contributed by atoms with Crippen molar-refractivity contribution in [1.29, 1.82) is 0 Å². The van der Waals surface area contributed by atoms with Crippen molar-refractivity contribution in [3.63, 3.8) is 0 Å². The molecule has 7 heteroatoms. The van der Waals surface area contributed by atoms with Gasteiger partial charge in [0.2, 0.25) is 0 Å². The molecule has 0 aliphatic carbocycles. The van der Waals surface area contributed by atoms with Crippen molar-refractivity contribution in [1.82, 2.24) is 10.6 Å². The summed E-state index contributed by atoms with van der Waals surface area (Å²) in [5.74, 6) is -1.07. The smallest absolute Gasteiger partial charge is 0.328 e. The Morgan fingerprint density at radius 1 is 1.09 bits per heavy atom. The van der Waals surface area contributed by atoms with Crippen LogP contribution in [0.2, 0.25) is 0 Å². The second kappa shape index (κ2) is 9.38. The summed E-state index contributed by atoms with van der Waals surface area (Å²) in [6.45, 7) is 0.331. The predicted molar refractivity (Wildman–Crippen MR) is 78.9 cm³/mol. The number of amides is 2. The number of urea groups is 1. The Bertz CT molecular complexity index is 504. The highest BCUT2D eigenvalue weighted by Gasteiger charge is 2.22. The van der Waals surface area contributed by atoms with Crippen LogP contribution < -0.4 is 10.6 Å². The molecule has 0 aliphatic rings. The summed E-state index contributed by atoms with van der Waals surface area (Å²) in [4.78, 5) is 34.5. The molecule has 1 atom stereocenters. The first kappa shape index (κ1) is 17.5. The van der Waals surface area contributed by atoms with Crippen molar-refractivity contribution in [2.75, 3.05) is 14.2 Å². The summed E-state index contributed by atoms with van der Waals surface area (Å²) in [5.41, 5.74) is 0.932. The van der Waals surface area contributed by atoms with Crippen LogP contribution in [0, 0.1) is 0 Å². The molecular weight excluding hydrogens is 288 g/mol. The van der Waals surface area contributed by atoms with Crippen LogP contribution >= 0.6 is 0 Å². The van der Waals surface area contributed by atoms with Gasteiger partial charge < -0.3 is 20.1 Å². The normalized spacial score (nSPS) is 11.2. The van der Waals surface area contributed by atoms with E-state index in [0.717, 1.165) is 5.56 Å². The van der Waals surface area contributed by atoms with Gasteiger partial charge in [0, 0.05) is 13.0 Å². The number of hydrogen-bond acceptors (Lipinski definition) is 5. The van der Waals surface area contributed by atoms with Gasteiger partial charge in [-0.05, 0) is 12.0 Å². The van der Waals surface area contributed by atoms with Gasteiger partial charge >= 0.3 is 18.0 Å². The number of benzene rings is 1. The largest absolute Gasteiger partial charge is 0.469 e. The second-order valence-electron chi connectivity index (χ2n) is 4.50. The average molecular weight is 308 g/mol. The number of methoxy groups -OCH3 is 2. The topological polar surface area (TPSA) is 93.7 Å². The zero-order valence-electron chi connectivity index (χ0n) is 12.6. The highest BCUT2D eigenvalue weighted by Crippen LogP contribution is 2.02. The molecular formula is C15H20N2O5. The standard InChI is InChI=1S/C15H20N2O5/c1-21-13(18)9-8-12(14(19)22-2)17-15(20)16-10-11-6-4-3-5-7-11/h3-7,12H,8-10H2,1-2H3,(H2,16,17,20)/t12-/m0/s1. The van der Waals surface area contributed by atoms with Crippen molar-refractivity contribution >= 4 is 18.0 Å². The number of carbonyl (C=O) groups excluding carboxylic acids is 3. The number of rotatable bonds is 7. The lowest BCUT2D eigenvalue weighted by atomic mass is 10.1. The molecule has 1 aromatic rings. The van der Waals surface area contributed by atoms with Crippen molar-refractivity contribution in [3.05, 3.63) is 35.9 Å². The average Bonchev–Trinajstić information content (AvgIpc) is 2.56. The van der Waals surface area contributed by atoms with Crippen LogP contribution in [0.3, 0.4) is 0 Å². The van der Waals surface area contributed by atoms with Crippen molar-refractivity contribution in [2.24, 2.45) is 0 Å². The summed E-state index contributed by atoms with van der Waals surface area (Å²) in [5, 5.41) is 5.12. The summed E-state index contributed by atoms with van der Waals surface area (Å²) >= 11 is 0. The Balaban J connectivity index is 2.48. The lowest BCUT2D eigenvalue weighted by Gasteiger charge is -2.16. The van der Waals surface area contributed by atoms with Gasteiger partial charge in [0.25, 0.3) is 0 Å². The van der Waals surface area contributed by atoms with Crippen LogP contribution in [0.1, 0.15) is 18.4 Å². The van der Waals surface area contributed by atoms with Gasteiger partial charge in [-0.2, -0.15) is 0 Å². The molecule has 2 amide bonds. The molecule has 0 bridgehead atoms. The minimum absolute atomic E-state index is 0.00916. The maximum atomic E-state index is 11.8. The van der Waals surface area contributed by atoms with Gasteiger partial charge in [-0.25, -0.2) is 9.59 Å². The molecule has 22 heavy (non-hydrogen) atoms. The summed E-state index contributed by atoms with van der Waals surface area (Å²) in [6.07, 6.45) is 0.118. The summed E-state index contributed by atoms with van der Waals surface area (Å²) in [7, 11) is 2.48. The first-order valence-corrected chi connectivity index (χ1v) is 6.79. The zero-order valence-corrected chi connectivity index (χ0v) is 12.6. The van der Waals surface area contributed by atoms with Gasteiger partial charge in [-0.1, -0.05) is 30.3 Å². The van der Waals surface area contributed by atoms with Crippen molar-refractivity contribution in [3.8, 4) is 0 Å². The maximum Gasteiger partial charge on any atom is 0.328 e. The van der Waals surface area contributed by atoms with Crippen LogP contribution in [-0.4, -0.2) is 38.2 Å². The van der Waals surface area contributed by atoms with Gasteiger partial charge in [0.15, 0.2) is 0 Å². The van der Waals surface area contributed by atoms with E-state index in [1.165, 1.54) is 14.2 Å². The lowest BCUT2D eigenvalue weighted by molar-refractivity contribution is -0.144. The van der Waals surface area contributed by atoms with Gasteiger partial charge in [-0.3, -0.25) is 4.79 Å². The molecule has 1 aromatic carbocycles. The Kier molecular flexibility index (Phi) is 7.45. The first-order chi connectivity index (χ1) is 10.6. The van der Waals surface area contributed by atoms with E-state index < -0.39 is 24.0 Å². The summed E-state index contributed by atoms with van der Waals surface area (Å²) < 4.78 is 9.11. The van der Waals surface area contributed by atoms with E-state index >= 15 is 0 Å². The van der Waals surface area contributed by atoms with Crippen LogP contribution in [0.5, 0.6) is 0 Å². The fourth-order valence-electron chi connectivity index (χ4n) is 1.74. The SMILES string of the molecule is COC(=O)CC[C@H](NC(=O)NCc1ccccc1)C(=O)OC. The summed E-state index contributed by atoms with van der Waals surface area (Å²) in [6, 6.07) is 7.93. The second-order valence-corrected chi connectivity index (χ2v) is 4.50. The van der Waals surface area contributed by atoms with E-state index in [1.807, 2.05) is 30.3 Å². The van der Waals surface area contributed by atoms with Crippen LogP contribution in [-0.2, 0) is 25.6 Å². The lowest BCUT2D eigenvalue weighted by Crippen LogP contribution is -2.46. The van der Waals surface area contributed by atoms with Gasteiger partial charge in [-0.15, -0.1) is 0 Å². The van der Waals surface area contributed by atoms with E-state index in [9.17, 15) is 14.4 Å². The van der Waals surface area contributed by atoms with Crippen molar-refractivity contribution < 1.29 is 23.9 Å². The third kappa shape index (κ3) is 6.25. The molecule has 0 saturated heterocycles. The molecule has 0 unspecified atom stereocenters. The van der Waals surface area contributed by atoms with E-state index in [1.54, 1.807) is 0 Å². The Hall–Kier alpha value is -2.57. The van der Waals surface area contributed by atoms with Crippen LogP contribution in [0.25, 0.3) is 0 Å². The molecule has 0 fully saturated rings. The number of hydrogen-bond donors (Lipinski definition) is 2. The number of esters is 2. The third-order valence-electron chi connectivity index (χ3n) is 2.95. The molecule has 0 radical (unpaired) electrons. The van der Waals surface area contributed by atoms with Gasteiger partial charge in [0.1, 0.15) is 6.04 Å². The van der Waals surface area contributed by atoms with Gasteiger partial charge in [0.05, 0.1) is 14.2 Å². The molecule has 0 aliphatic heterocycles. The maximum absolute atomic E-state index is 11.8. The molecule has 0 saturated carbocycles. The van der Waals surface area contributed by atoms with Crippen molar-refractivity contribution in [2.45, 2.75) is 25.4 Å². The molecule has 7 nitrogen and oxygen atoms in total. The van der Waals surface area contributed by atoms with Crippen LogP contribution in [0.15, 0.2) is 30.3 Å². The third-order valence-corrected chi connectivity index (χ3v) is 2.95. The van der Waals surface area contributed by atoms with Crippen LogP contribution in [0.4, 0.5) is 4.79 Å². The Morgan fingerprint density at radius 2 is 1.77 bits per heavy atom. The number of nitrogens with one attached hydrogen (secondary N) is 2. The first-order valence-electron chi connectivity index (χ1n) is 6.79. The fourth-order valence-corrected chi connectivity index (χ4v) is 1.74. The molecule has 0 heterocycles.